The zero-order valence-electron chi connectivity index (χ0n) is 15.3. The number of aromatic carboxylic acids is 1. The van der Waals surface area contributed by atoms with Crippen LogP contribution in [0.3, 0.4) is 0 Å². The monoisotopic (exact) mass is 361 g/mol. The summed E-state index contributed by atoms with van der Waals surface area (Å²) < 4.78 is 19.2. The van der Waals surface area contributed by atoms with Crippen LogP contribution < -0.4 is 0 Å². The molecule has 2 atom stereocenters. The van der Waals surface area contributed by atoms with E-state index in [-0.39, 0.29) is 23.7 Å². The molecule has 1 N–H and O–H groups in total. The molecule has 0 aromatic heterocycles. The summed E-state index contributed by atoms with van der Waals surface area (Å²) in [6, 6.07) is 4.11. The number of fused-ring (bicyclic) bond motifs is 2. The highest BCUT2D eigenvalue weighted by Gasteiger charge is 2.39. The van der Waals surface area contributed by atoms with Gasteiger partial charge in [0.25, 0.3) is 0 Å². The van der Waals surface area contributed by atoms with Gasteiger partial charge in [-0.1, -0.05) is 12.1 Å². The van der Waals surface area contributed by atoms with Crippen molar-refractivity contribution in [3.8, 4) is 0 Å². The van der Waals surface area contributed by atoms with E-state index < -0.39 is 17.4 Å². The molecule has 140 valence electrons. The summed E-state index contributed by atoms with van der Waals surface area (Å²) in [6.07, 6.45) is 5.04. The van der Waals surface area contributed by atoms with Gasteiger partial charge in [-0.2, -0.15) is 0 Å². The highest BCUT2D eigenvalue weighted by atomic mass is 19.1. The number of carboxylic acids is 1. The number of amides is 1. The smallest absolute Gasteiger partial charge is 0.411 e. The zero-order valence-corrected chi connectivity index (χ0v) is 15.3. The van der Waals surface area contributed by atoms with E-state index in [9.17, 15) is 14.0 Å². The van der Waals surface area contributed by atoms with Gasteiger partial charge in [0.1, 0.15) is 11.4 Å². The lowest BCUT2D eigenvalue weighted by Gasteiger charge is -2.45. The van der Waals surface area contributed by atoms with Crippen LogP contribution in [-0.2, 0) is 4.74 Å². The van der Waals surface area contributed by atoms with Gasteiger partial charge in [-0.05, 0) is 69.7 Å². The molecule has 2 heterocycles. The van der Waals surface area contributed by atoms with Gasteiger partial charge in [0.05, 0.1) is 11.6 Å². The number of hydrogen-bond donors (Lipinski definition) is 1. The fourth-order valence-corrected chi connectivity index (χ4v) is 3.73. The first-order chi connectivity index (χ1) is 12.2. The summed E-state index contributed by atoms with van der Waals surface area (Å²) in [6.45, 7) is 5.54. The van der Waals surface area contributed by atoms with Crippen molar-refractivity contribution in [3.05, 3.63) is 41.2 Å². The molecular weight excluding hydrogens is 337 g/mol. The predicted octanol–water partition coefficient (Wildman–Crippen LogP) is 4.47. The molecule has 0 aliphatic carbocycles. The highest BCUT2D eigenvalue weighted by molar-refractivity contribution is 5.89. The largest absolute Gasteiger partial charge is 0.478 e. The van der Waals surface area contributed by atoms with E-state index in [1.165, 1.54) is 12.1 Å². The second-order valence-corrected chi connectivity index (χ2v) is 7.94. The number of carboxylic acid groups (broad SMARTS) is 1. The van der Waals surface area contributed by atoms with Crippen molar-refractivity contribution in [1.82, 2.24) is 4.90 Å². The number of rotatable bonds is 2. The van der Waals surface area contributed by atoms with E-state index in [0.717, 1.165) is 24.8 Å². The van der Waals surface area contributed by atoms with Gasteiger partial charge in [-0.25, -0.2) is 14.0 Å². The highest BCUT2D eigenvalue weighted by Crippen LogP contribution is 2.38. The Balaban J connectivity index is 1.90. The molecule has 0 radical (unpaired) electrons. The van der Waals surface area contributed by atoms with Crippen molar-refractivity contribution in [2.24, 2.45) is 0 Å². The summed E-state index contributed by atoms with van der Waals surface area (Å²) >= 11 is 0. The lowest BCUT2D eigenvalue weighted by Crippen LogP contribution is -2.53. The molecule has 1 saturated heterocycles. The minimum Gasteiger partial charge on any atom is -0.478 e. The Morgan fingerprint density at radius 3 is 2.62 bits per heavy atom. The summed E-state index contributed by atoms with van der Waals surface area (Å²) in [5, 5.41) is 9.14. The van der Waals surface area contributed by atoms with Gasteiger partial charge >= 0.3 is 12.1 Å². The maximum absolute atomic E-state index is 13.7. The molecule has 2 aliphatic heterocycles. The third-order valence-corrected chi connectivity index (χ3v) is 4.81. The average Bonchev–Trinajstić information content (AvgIpc) is 2.52. The fourth-order valence-electron chi connectivity index (χ4n) is 3.73. The second-order valence-electron chi connectivity index (χ2n) is 7.94. The summed E-state index contributed by atoms with van der Waals surface area (Å²) in [7, 11) is 0. The first kappa shape index (κ1) is 18.4. The third kappa shape index (κ3) is 3.74. The quantitative estimate of drug-likeness (QED) is 0.844. The molecule has 1 fully saturated rings. The summed E-state index contributed by atoms with van der Waals surface area (Å²) in [5.74, 6) is -2.02. The molecule has 1 aromatic rings. The van der Waals surface area contributed by atoms with Crippen molar-refractivity contribution < 1.29 is 23.8 Å². The van der Waals surface area contributed by atoms with Crippen LogP contribution in [0, 0.1) is 5.82 Å². The zero-order chi connectivity index (χ0) is 19.1. The maximum Gasteiger partial charge on any atom is 0.411 e. The van der Waals surface area contributed by atoms with E-state index in [1.54, 1.807) is 11.0 Å². The van der Waals surface area contributed by atoms with Crippen molar-refractivity contribution in [3.63, 3.8) is 0 Å². The molecule has 0 saturated carbocycles. The minimum atomic E-state index is -1.28. The van der Waals surface area contributed by atoms with Gasteiger partial charge in [-0.15, -0.1) is 0 Å². The molecule has 26 heavy (non-hydrogen) atoms. The molecular formula is C20H24FNO4. The first-order valence-corrected chi connectivity index (χ1v) is 8.91. The molecule has 3 rings (SSSR count). The number of nitrogens with zero attached hydrogens (tertiary/aromatic N) is 1. The maximum atomic E-state index is 13.7. The van der Waals surface area contributed by atoms with Gasteiger partial charge < -0.3 is 9.84 Å². The van der Waals surface area contributed by atoms with E-state index in [1.807, 2.05) is 26.8 Å². The normalized spacial score (nSPS) is 22.6. The Kier molecular flexibility index (Phi) is 4.78. The molecule has 2 unspecified atom stereocenters. The number of carbonyl (C=O) groups is 2. The SMILES string of the molecule is CC(C)(C)OC(=O)N1C2C=C(c3ccc(F)c(C(=O)O)c3)CC1CCC2. The molecule has 6 heteroatoms. The molecule has 1 aromatic carbocycles. The van der Waals surface area contributed by atoms with Gasteiger partial charge in [0, 0.05) is 6.04 Å². The van der Waals surface area contributed by atoms with E-state index in [4.69, 9.17) is 9.84 Å². The van der Waals surface area contributed by atoms with Crippen LogP contribution >= 0.6 is 0 Å². The Morgan fingerprint density at radius 2 is 2.00 bits per heavy atom. The lowest BCUT2D eigenvalue weighted by molar-refractivity contribution is 0.0000728. The number of ether oxygens (including phenoxy) is 1. The Hall–Kier alpha value is -2.37. The predicted molar refractivity (Wildman–Crippen MR) is 95.5 cm³/mol. The fraction of sp³-hybridized carbons (Fsp3) is 0.500. The van der Waals surface area contributed by atoms with E-state index in [0.29, 0.717) is 12.0 Å². The minimum absolute atomic E-state index is 0.0157. The second kappa shape index (κ2) is 6.74. The van der Waals surface area contributed by atoms with Gasteiger partial charge in [0.15, 0.2) is 0 Å². The molecule has 5 nitrogen and oxygen atoms in total. The molecule has 2 aliphatic rings. The third-order valence-electron chi connectivity index (χ3n) is 4.81. The number of hydrogen-bond acceptors (Lipinski definition) is 3. The van der Waals surface area contributed by atoms with Crippen molar-refractivity contribution in [1.29, 1.82) is 0 Å². The number of halogens is 1. The molecule has 2 bridgehead atoms. The molecule has 0 spiro atoms. The topological polar surface area (TPSA) is 66.8 Å². The van der Waals surface area contributed by atoms with Crippen molar-refractivity contribution >= 4 is 17.6 Å². The van der Waals surface area contributed by atoms with Gasteiger partial charge in [0.2, 0.25) is 0 Å². The Morgan fingerprint density at radius 1 is 1.27 bits per heavy atom. The average molecular weight is 361 g/mol. The number of benzene rings is 1. The van der Waals surface area contributed by atoms with Crippen LogP contribution in [-0.4, -0.2) is 39.8 Å². The van der Waals surface area contributed by atoms with Crippen LogP contribution in [0.4, 0.5) is 9.18 Å². The van der Waals surface area contributed by atoms with Crippen LogP contribution in [0.15, 0.2) is 24.3 Å². The molecule has 1 amide bonds. The van der Waals surface area contributed by atoms with Crippen LogP contribution in [0.2, 0.25) is 0 Å². The summed E-state index contributed by atoms with van der Waals surface area (Å²) in [5.41, 5.74) is 0.776. The number of carbonyl (C=O) groups excluding carboxylic acids is 1. The lowest BCUT2D eigenvalue weighted by atomic mass is 9.83. The first-order valence-electron chi connectivity index (χ1n) is 8.91. The number of piperidine rings is 1. The summed E-state index contributed by atoms with van der Waals surface area (Å²) in [4.78, 5) is 25.6. The van der Waals surface area contributed by atoms with Crippen LogP contribution in [0.1, 0.15) is 62.4 Å². The van der Waals surface area contributed by atoms with Crippen LogP contribution in [0.5, 0.6) is 0 Å². The standard InChI is InChI=1S/C20H24FNO4/c1-20(2,3)26-19(25)22-14-5-4-6-15(22)10-13(9-14)12-7-8-17(21)16(11-12)18(23)24/h7-9,11,14-15H,4-6,10H2,1-3H3,(H,23,24). The van der Waals surface area contributed by atoms with Crippen molar-refractivity contribution in [2.45, 2.75) is 64.1 Å². The Labute approximate surface area is 152 Å². The Bertz CT molecular complexity index is 766. The van der Waals surface area contributed by atoms with Gasteiger partial charge in [-0.3, -0.25) is 4.90 Å². The van der Waals surface area contributed by atoms with E-state index >= 15 is 0 Å². The van der Waals surface area contributed by atoms with Crippen molar-refractivity contribution in [2.75, 3.05) is 0 Å². The van der Waals surface area contributed by atoms with Crippen LogP contribution in [0.25, 0.3) is 5.57 Å². The van der Waals surface area contributed by atoms with E-state index in [2.05, 4.69) is 0 Å².